The Kier molecular flexibility index (Phi) is 5.47. The number of nitrogens with one attached hydrogen (secondary N) is 1. The van der Waals surface area contributed by atoms with E-state index in [0.29, 0.717) is 11.1 Å². The molecule has 0 radical (unpaired) electrons. The lowest BCUT2D eigenvalue weighted by Crippen LogP contribution is -2.44. The van der Waals surface area contributed by atoms with Crippen LogP contribution in [0.2, 0.25) is 0 Å². The number of nitriles is 1. The van der Waals surface area contributed by atoms with Crippen LogP contribution >= 0.6 is 0 Å². The number of hydrogen-bond donors (Lipinski definition) is 1. The van der Waals surface area contributed by atoms with Gasteiger partial charge in [-0.1, -0.05) is 12.1 Å². The molecule has 0 unspecified atom stereocenters. The van der Waals surface area contributed by atoms with Crippen LogP contribution in [-0.2, 0) is 25.0 Å². The standard InChI is InChI=1S/C14H18N2O4S/c1-14(2,12-6-4-5-11(9-12)10-15)13(17)16-21(18,19)8-7-20-3/h4-6,9H,7-8H2,1-3H3,(H,16,17). The van der Waals surface area contributed by atoms with E-state index in [2.05, 4.69) is 0 Å². The largest absolute Gasteiger partial charge is 0.384 e. The average molecular weight is 310 g/mol. The van der Waals surface area contributed by atoms with Gasteiger partial charge in [0, 0.05) is 7.11 Å². The normalized spacial score (nSPS) is 11.7. The molecule has 0 saturated heterocycles. The third-order valence-corrected chi connectivity index (χ3v) is 4.29. The summed E-state index contributed by atoms with van der Waals surface area (Å²) in [6, 6.07) is 8.51. The van der Waals surface area contributed by atoms with E-state index in [1.54, 1.807) is 38.1 Å². The van der Waals surface area contributed by atoms with E-state index in [0.717, 1.165) is 0 Å². The highest BCUT2D eigenvalue weighted by molar-refractivity contribution is 7.90. The number of carbonyl (C=O) groups is 1. The number of carbonyl (C=O) groups excluding carboxylic acids is 1. The average Bonchev–Trinajstić information content (AvgIpc) is 2.44. The molecule has 1 aromatic carbocycles. The second kappa shape index (κ2) is 6.70. The Labute approximate surface area is 124 Å². The van der Waals surface area contributed by atoms with Gasteiger partial charge in [-0.3, -0.25) is 9.52 Å². The van der Waals surface area contributed by atoms with E-state index in [1.165, 1.54) is 7.11 Å². The molecule has 0 aliphatic carbocycles. The van der Waals surface area contributed by atoms with E-state index < -0.39 is 21.3 Å². The Morgan fingerprint density at radius 1 is 1.43 bits per heavy atom. The molecule has 21 heavy (non-hydrogen) atoms. The summed E-state index contributed by atoms with van der Waals surface area (Å²) in [4.78, 5) is 12.2. The number of amides is 1. The lowest BCUT2D eigenvalue weighted by Gasteiger charge is -2.24. The summed E-state index contributed by atoms with van der Waals surface area (Å²) in [5, 5.41) is 8.89. The predicted molar refractivity (Wildman–Crippen MR) is 78.0 cm³/mol. The Morgan fingerprint density at radius 3 is 2.67 bits per heavy atom. The van der Waals surface area contributed by atoms with Crippen molar-refractivity contribution < 1.29 is 17.9 Å². The van der Waals surface area contributed by atoms with Crippen LogP contribution in [-0.4, -0.2) is 33.8 Å². The molecule has 0 aliphatic rings. The molecule has 1 N–H and O–H groups in total. The molecule has 114 valence electrons. The Bertz CT molecular complexity index is 660. The summed E-state index contributed by atoms with van der Waals surface area (Å²) in [5.74, 6) is -0.933. The van der Waals surface area contributed by atoms with Gasteiger partial charge in [0.05, 0.1) is 29.4 Å². The molecular weight excluding hydrogens is 292 g/mol. The molecular formula is C14H18N2O4S. The number of benzene rings is 1. The van der Waals surface area contributed by atoms with Gasteiger partial charge in [0.1, 0.15) is 0 Å². The molecule has 0 spiro atoms. The first-order chi connectivity index (χ1) is 9.73. The first kappa shape index (κ1) is 17.1. The quantitative estimate of drug-likeness (QED) is 0.843. The van der Waals surface area contributed by atoms with Crippen molar-refractivity contribution in [2.45, 2.75) is 19.3 Å². The Morgan fingerprint density at radius 2 is 2.10 bits per heavy atom. The van der Waals surface area contributed by atoms with Gasteiger partial charge >= 0.3 is 0 Å². The van der Waals surface area contributed by atoms with Crippen LogP contribution in [0.25, 0.3) is 0 Å². The molecule has 0 bridgehead atoms. The molecule has 1 amide bonds. The van der Waals surface area contributed by atoms with E-state index in [1.807, 2.05) is 10.8 Å². The first-order valence-electron chi connectivity index (χ1n) is 6.27. The fourth-order valence-electron chi connectivity index (χ4n) is 1.62. The first-order valence-corrected chi connectivity index (χ1v) is 7.92. The van der Waals surface area contributed by atoms with Gasteiger partial charge in [-0.25, -0.2) is 8.42 Å². The molecule has 0 aromatic heterocycles. The number of sulfonamides is 1. The van der Waals surface area contributed by atoms with E-state index in [-0.39, 0.29) is 12.4 Å². The van der Waals surface area contributed by atoms with Crippen molar-refractivity contribution in [2.75, 3.05) is 19.5 Å². The van der Waals surface area contributed by atoms with E-state index in [4.69, 9.17) is 10.00 Å². The summed E-state index contributed by atoms with van der Waals surface area (Å²) >= 11 is 0. The van der Waals surface area contributed by atoms with Crippen LogP contribution in [0.5, 0.6) is 0 Å². The summed E-state index contributed by atoms with van der Waals surface area (Å²) in [6.07, 6.45) is 0. The van der Waals surface area contributed by atoms with Crippen LogP contribution in [0.15, 0.2) is 24.3 Å². The molecule has 1 rings (SSSR count). The fourth-order valence-corrected chi connectivity index (χ4v) is 2.65. The van der Waals surface area contributed by atoms with Gasteiger partial charge in [-0.15, -0.1) is 0 Å². The minimum absolute atomic E-state index is 0.00690. The highest BCUT2D eigenvalue weighted by atomic mass is 32.2. The van der Waals surface area contributed by atoms with Crippen molar-refractivity contribution in [2.24, 2.45) is 0 Å². The summed E-state index contributed by atoms with van der Waals surface area (Å²) in [5.41, 5.74) is -0.0934. The fraction of sp³-hybridized carbons (Fsp3) is 0.429. The van der Waals surface area contributed by atoms with Gasteiger partial charge in [-0.05, 0) is 31.5 Å². The smallest absolute Gasteiger partial charge is 0.243 e. The van der Waals surface area contributed by atoms with Gasteiger partial charge < -0.3 is 4.74 Å². The lowest BCUT2D eigenvalue weighted by molar-refractivity contribution is -0.123. The molecule has 7 heteroatoms. The maximum absolute atomic E-state index is 12.2. The van der Waals surface area contributed by atoms with Gasteiger partial charge in [0.25, 0.3) is 0 Å². The van der Waals surface area contributed by atoms with Crippen molar-refractivity contribution in [1.29, 1.82) is 5.26 Å². The second-order valence-electron chi connectivity index (χ2n) is 5.06. The second-order valence-corrected chi connectivity index (χ2v) is 6.90. The molecule has 0 saturated carbocycles. The van der Waals surface area contributed by atoms with Crippen LogP contribution in [0.3, 0.4) is 0 Å². The monoisotopic (exact) mass is 310 g/mol. The SMILES string of the molecule is COCCS(=O)(=O)NC(=O)C(C)(C)c1cccc(C#N)c1. The van der Waals surface area contributed by atoms with Crippen LogP contribution < -0.4 is 4.72 Å². The maximum atomic E-state index is 12.2. The Hall–Kier alpha value is -1.91. The zero-order chi connectivity index (χ0) is 16.1. The van der Waals surface area contributed by atoms with Gasteiger partial charge in [-0.2, -0.15) is 5.26 Å². The number of ether oxygens (including phenoxy) is 1. The molecule has 0 heterocycles. The zero-order valence-electron chi connectivity index (χ0n) is 12.2. The van der Waals surface area contributed by atoms with Crippen molar-refractivity contribution in [3.05, 3.63) is 35.4 Å². The van der Waals surface area contributed by atoms with Crippen molar-refractivity contribution in [3.8, 4) is 6.07 Å². The number of hydrogen-bond acceptors (Lipinski definition) is 5. The topological polar surface area (TPSA) is 96.3 Å². The molecule has 1 aromatic rings. The van der Waals surface area contributed by atoms with E-state index >= 15 is 0 Å². The third kappa shape index (κ3) is 4.55. The van der Waals surface area contributed by atoms with Crippen LogP contribution in [0.4, 0.5) is 0 Å². The molecule has 6 nitrogen and oxygen atoms in total. The summed E-state index contributed by atoms with van der Waals surface area (Å²) in [7, 11) is -2.36. The highest BCUT2D eigenvalue weighted by Gasteiger charge is 2.32. The minimum atomic E-state index is -3.74. The lowest BCUT2D eigenvalue weighted by atomic mass is 9.83. The van der Waals surface area contributed by atoms with Crippen LogP contribution in [0.1, 0.15) is 25.0 Å². The van der Waals surface area contributed by atoms with Gasteiger partial charge in [0.2, 0.25) is 15.9 Å². The maximum Gasteiger partial charge on any atom is 0.243 e. The predicted octanol–water partition coefficient (Wildman–Crippen LogP) is 0.928. The molecule has 0 atom stereocenters. The number of methoxy groups -OCH3 is 1. The van der Waals surface area contributed by atoms with Crippen molar-refractivity contribution in [3.63, 3.8) is 0 Å². The number of rotatable bonds is 6. The summed E-state index contributed by atoms with van der Waals surface area (Å²) < 4.78 is 30.2. The Balaban J connectivity index is 2.96. The highest BCUT2D eigenvalue weighted by Crippen LogP contribution is 2.24. The molecule has 0 aliphatic heterocycles. The number of nitrogens with zero attached hydrogens (tertiary/aromatic N) is 1. The third-order valence-electron chi connectivity index (χ3n) is 3.09. The summed E-state index contributed by atoms with van der Waals surface area (Å²) in [6.45, 7) is 3.21. The van der Waals surface area contributed by atoms with Crippen molar-refractivity contribution in [1.82, 2.24) is 4.72 Å². The minimum Gasteiger partial charge on any atom is -0.384 e. The van der Waals surface area contributed by atoms with Crippen LogP contribution in [0, 0.1) is 11.3 Å². The van der Waals surface area contributed by atoms with Crippen molar-refractivity contribution >= 4 is 15.9 Å². The van der Waals surface area contributed by atoms with E-state index in [9.17, 15) is 13.2 Å². The zero-order valence-corrected chi connectivity index (χ0v) is 13.0. The molecule has 0 fully saturated rings. The van der Waals surface area contributed by atoms with Gasteiger partial charge in [0.15, 0.2) is 0 Å².